The first-order valence-corrected chi connectivity index (χ1v) is 2.31. The predicted octanol–water partition coefficient (Wildman–Crippen LogP) is 0.240. The molecule has 0 rings (SSSR count). The topological polar surface area (TPSA) is 38.3 Å². The van der Waals surface area contributed by atoms with E-state index >= 15 is 0 Å². The minimum absolute atomic E-state index is 0.380. The van der Waals surface area contributed by atoms with E-state index in [1.165, 1.54) is 13.1 Å². The Balaban J connectivity index is 3.33. The summed E-state index contributed by atoms with van der Waals surface area (Å²) in [5.74, 6) is -0.380. The third-order valence-corrected chi connectivity index (χ3v) is 0.505. The Bertz CT molecular complexity index is 98.6. The van der Waals surface area contributed by atoms with Crippen molar-refractivity contribution in [2.24, 2.45) is 0 Å². The summed E-state index contributed by atoms with van der Waals surface area (Å²) in [4.78, 5) is 14.6. The predicted molar refractivity (Wildman–Crippen MR) is 30.0 cm³/mol. The van der Waals surface area contributed by atoms with Crippen molar-refractivity contribution in [3.8, 4) is 0 Å². The minimum Gasteiger partial charge on any atom is -0.367 e. The zero-order chi connectivity index (χ0) is 6.41. The molecule has 3 heteroatoms. The number of hydrogen-bond donors (Lipinski definition) is 1. The van der Waals surface area contributed by atoms with Gasteiger partial charge in [0, 0.05) is 13.1 Å². The molecule has 0 aliphatic heterocycles. The molecule has 0 saturated heterocycles. The normalized spacial score (nSPS) is 9.75. The van der Waals surface area contributed by atoms with Crippen LogP contribution in [0.5, 0.6) is 0 Å². The summed E-state index contributed by atoms with van der Waals surface area (Å²) >= 11 is 0. The molecule has 0 aromatic rings. The van der Waals surface area contributed by atoms with Gasteiger partial charge in [0.25, 0.3) is 0 Å². The molecule has 0 aromatic carbocycles. The lowest BCUT2D eigenvalue weighted by Crippen LogP contribution is -2.12. The van der Waals surface area contributed by atoms with Crippen LogP contribution < -0.4 is 5.48 Å². The smallest absolute Gasteiger partial charge is 0.349 e. The third kappa shape index (κ3) is 3.36. The Kier molecular flexibility index (Phi) is 3.88. The Labute approximate surface area is 48.3 Å². The number of hydrogen-bond acceptors (Lipinski definition) is 3. The van der Waals surface area contributed by atoms with E-state index in [2.05, 4.69) is 10.3 Å². The van der Waals surface area contributed by atoms with E-state index in [0.29, 0.717) is 0 Å². The maximum Gasteiger partial charge on any atom is 0.349 e. The molecule has 0 spiro atoms. The average Bonchev–Trinajstić information content (AvgIpc) is 1.68. The van der Waals surface area contributed by atoms with Crippen molar-refractivity contribution in [3.63, 3.8) is 0 Å². The van der Waals surface area contributed by atoms with Gasteiger partial charge in [-0.25, -0.2) is 4.79 Å². The second-order valence-electron chi connectivity index (χ2n) is 1.13. The largest absolute Gasteiger partial charge is 0.367 e. The molecule has 1 N–H and O–H groups in total. The van der Waals surface area contributed by atoms with Crippen LogP contribution in [0.4, 0.5) is 0 Å². The Morgan fingerprint density at radius 1 is 1.75 bits per heavy atom. The third-order valence-electron chi connectivity index (χ3n) is 0.505. The summed E-state index contributed by atoms with van der Waals surface area (Å²) in [7, 11) is 1.53. The van der Waals surface area contributed by atoms with Gasteiger partial charge in [-0.2, -0.15) is 5.48 Å². The number of rotatable bonds is 2. The van der Waals surface area contributed by atoms with Gasteiger partial charge in [-0.1, -0.05) is 6.08 Å². The van der Waals surface area contributed by atoms with Gasteiger partial charge < -0.3 is 4.84 Å². The van der Waals surface area contributed by atoms with Gasteiger partial charge in [-0.05, 0) is 6.92 Å². The van der Waals surface area contributed by atoms with Gasteiger partial charge in [0.2, 0.25) is 0 Å². The van der Waals surface area contributed by atoms with E-state index in [4.69, 9.17) is 0 Å². The first-order chi connectivity index (χ1) is 3.81. The van der Waals surface area contributed by atoms with E-state index in [9.17, 15) is 4.79 Å². The van der Waals surface area contributed by atoms with Crippen LogP contribution in [0, 0.1) is 0 Å². The van der Waals surface area contributed by atoms with Crippen LogP contribution in [0.25, 0.3) is 0 Å². The van der Waals surface area contributed by atoms with Crippen LogP contribution in [0.2, 0.25) is 0 Å². The van der Waals surface area contributed by atoms with Gasteiger partial charge in [0.15, 0.2) is 0 Å². The second-order valence-corrected chi connectivity index (χ2v) is 1.13. The maximum atomic E-state index is 10.3. The standard InChI is InChI=1S/C5H9NO2/c1-3-4-5(7)8-6-2/h3-4,6H,1-2H3. The molecule has 0 bridgehead atoms. The van der Waals surface area contributed by atoms with E-state index < -0.39 is 0 Å². The lowest BCUT2D eigenvalue weighted by Gasteiger charge is -1.92. The van der Waals surface area contributed by atoms with Crippen LogP contribution in [-0.4, -0.2) is 13.0 Å². The molecule has 8 heavy (non-hydrogen) atoms. The molecular weight excluding hydrogens is 106 g/mol. The molecule has 46 valence electrons. The van der Waals surface area contributed by atoms with Gasteiger partial charge in [0.05, 0.1) is 0 Å². The molecule has 3 nitrogen and oxygen atoms in total. The highest BCUT2D eigenvalue weighted by molar-refractivity contribution is 5.81. The summed E-state index contributed by atoms with van der Waals surface area (Å²) < 4.78 is 0. The molecule has 0 heterocycles. The first-order valence-electron chi connectivity index (χ1n) is 2.31. The van der Waals surface area contributed by atoms with E-state index in [0.717, 1.165) is 0 Å². The van der Waals surface area contributed by atoms with Crippen LogP contribution in [0.15, 0.2) is 12.2 Å². The number of carbonyl (C=O) groups excluding carboxylic acids is 1. The number of hydroxylamine groups is 1. The highest BCUT2D eigenvalue weighted by Crippen LogP contribution is 1.73. The minimum atomic E-state index is -0.380. The zero-order valence-electron chi connectivity index (χ0n) is 4.97. The van der Waals surface area contributed by atoms with Gasteiger partial charge in [-0.3, -0.25) is 0 Å². The number of carbonyl (C=O) groups is 1. The fourth-order valence-corrected chi connectivity index (χ4v) is 0.271. The van der Waals surface area contributed by atoms with E-state index in [-0.39, 0.29) is 5.97 Å². The van der Waals surface area contributed by atoms with Gasteiger partial charge in [-0.15, -0.1) is 0 Å². The number of allylic oxidation sites excluding steroid dienone is 1. The highest BCUT2D eigenvalue weighted by Gasteiger charge is 1.88. The molecule has 0 fully saturated rings. The maximum absolute atomic E-state index is 10.3. The molecule has 0 atom stereocenters. The van der Waals surface area contributed by atoms with Crippen LogP contribution in [0.3, 0.4) is 0 Å². The van der Waals surface area contributed by atoms with Gasteiger partial charge >= 0.3 is 5.97 Å². The molecule has 0 amide bonds. The first kappa shape index (κ1) is 7.17. The van der Waals surface area contributed by atoms with Crippen molar-refractivity contribution in [1.82, 2.24) is 5.48 Å². The monoisotopic (exact) mass is 115 g/mol. The van der Waals surface area contributed by atoms with E-state index in [1.54, 1.807) is 13.0 Å². The summed E-state index contributed by atoms with van der Waals surface area (Å²) in [6, 6.07) is 0. The summed E-state index contributed by atoms with van der Waals surface area (Å²) in [5, 5.41) is 0. The van der Waals surface area contributed by atoms with Crippen molar-refractivity contribution >= 4 is 5.97 Å². The molecular formula is C5H9NO2. The van der Waals surface area contributed by atoms with Crippen molar-refractivity contribution in [1.29, 1.82) is 0 Å². The zero-order valence-corrected chi connectivity index (χ0v) is 4.97. The van der Waals surface area contributed by atoms with Crippen LogP contribution >= 0.6 is 0 Å². The van der Waals surface area contributed by atoms with Crippen molar-refractivity contribution in [2.45, 2.75) is 6.92 Å². The van der Waals surface area contributed by atoms with Gasteiger partial charge in [0.1, 0.15) is 0 Å². The molecule has 0 aromatic heterocycles. The van der Waals surface area contributed by atoms with E-state index in [1.807, 2.05) is 0 Å². The molecule has 0 unspecified atom stereocenters. The Morgan fingerprint density at radius 3 is 2.75 bits per heavy atom. The van der Waals surface area contributed by atoms with Crippen molar-refractivity contribution in [2.75, 3.05) is 7.05 Å². The summed E-state index contributed by atoms with van der Waals surface area (Å²) in [6.07, 6.45) is 2.94. The molecule has 0 saturated carbocycles. The Morgan fingerprint density at radius 2 is 2.38 bits per heavy atom. The average molecular weight is 115 g/mol. The number of nitrogens with one attached hydrogen (secondary N) is 1. The quantitative estimate of drug-likeness (QED) is 0.414. The fraction of sp³-hybridized carbons (Fsp3) is 0.400. The molecule has 0 aliphatic rings. The highest BCUT2D eigenvalue weighted by atomic mass is 16.7. The SMILES string of the molecule is CC=CC(=O)ONC. The second kappa shape index (κ2) is 4.33. The van der Waals surface area contributed by atoms with Crippen molar-refractivity contribution < 1.29 is 9.63 Å². The lowest BCUT2D eigenvalue weighted by molar-refractivity contribution is -0.143. The molecule has 0 aliphatic carbocycles. The van der Waals surface area contributed by atoms with Crippen molar-refractivity contribution in [3.05, 3.63) is 12.2 Å². The summed E-state index contributed by atoms with van der Waals surface area (Å²) in [6.45, 7) is 1.75. The van der Waals surface area contributed by atoms with Crippen LogP contribution in [-0.2, 0) is 9.63 Å². The van der Waals surface area contributed by atoms with Crippen LogP contribution in [0.1, 0.15) is 6.92 Å². The fourth-order valence-electron chi connectivity index (χ4n) is 0.271. The Hall–Kier alpha value is -0.830. The lowest BCUT2D eigenvalue weighted by atomic mass is 10.5. The molecule has 0 radical (unpaired) electrons. The summed E-state index contributed by atoms with van der Waals surface area (Å²) in [5.41, 5.74) is 2.25.